The lowest BCUT2D eigenvalue weighted by molar-refractivity contribution is 1.16. The van der Waals surface area contributed by atoms with Gasteiger partial charge in [-0.25, -0.2) is 9.97 Å². The monoisotopic (exact) mass is 701 g/mol. The van der Waals surface area contributed by atoms with Crippen LogP contribution in [0.2, 0.25) is 0 Å². The number of fused-ring (bicyclic) bond motifs is 3. The number of hydrogen-bond acceptors (Lipinski definition) is 2. The minimum absolute atomic E-state index is 0.697. The van der Waals surface area contributed by atoms with E-state index < -0.39 is 0 Å². The highest BCUT2D eigenvalue weighted by Gasteiger charge is 2.15. The first-order valence-corrected chi connectivity index (χ1v) is 18.7. The molecule has 55 heavy (non-hydrogen) atoms. The summed E-state index contributed by atoms with van der Waals surface area (Å²) in [6, 6.07) is 75.2. The maximum atomic E-state index is 5.17. The van der Waals surface area contributed by atoms with Gasteiger partial charge in [0.05, 0.1) is 22.4 Å². The largest absolute Gasteiger partial charge is 0.309 e. The Hall–Kier alpha value is -7.36. The Morgan fingerprint density at radius 3 is 1.24 bits per heavy atom. The van der Waals surface area contributed by atoms with Crippen molar-refractivity contribution in [1.82, 2.24) is 14.5 Å². The molecule has 0 radical (unpaired) electrons. The fourth-order valence-corrected chi connectivity index (χ4v) is 7.69. The van der Waals surface area contributed by atoms with Gasteiger partial charge in [0.1, 0.15) is 0 Å². The first-order chi connectivity index (χ1) is 27.2. The molecule has 0 aliphatic carbocycles. The van der Waals surface area contributed by atoms with E-state index in [1.54, 1.807) is 0 Å². The lowest BCUT2D eigenvalue weighted by Crippen LogP contribution is -1.98. The van der Waals surface area contributed by atoms with E-state index >= 15 is 0 Å². The number of aromatic nitrogens is 3. The number of benzene rings is 8. The van der Waals surface area contributed by atoms with Crippen LogP contribution in [0, 0.1) is 0 Å². The fourth-order valence-electron chi connectivity index (χ4n) is 7.69. The molecule has 2 heterocycles. The van der Waals surface area contributed by atoms with Crippen molar-refractivity contribution >= 4 is 21.8 Å². The van der Waals surface area contributed by atoms with Crippen LogP contribution in [-0.2, 0) is 0 Å². The minimum Gasteiger partial charge on any atom is -0.309 e. The number of hydrogen-bond donors (Lipinski definition) is 0. The molecule has 258 valence electrons. The maximum Gasteiger partial charge on any atom is 0.160 e. The summed E-state index contributed by atoms with van der Waals surface area (Å²) in [5.74, 6) is 0.697. The number of nitrogens with zero attached hydrogens (tertiary/aromatic N) is 3. The van der Waals surface area contributed by atoms with E-state index in [1.165, 1.54) is 49.6 Å². The smallest absolute Gasteiger partial charge is 0.160 e. The van der Waals surface area contributed by atoms with Crippen LogP contribution >= 0.6 is 0 Å². The van der Waals surface area contributed by atoms with E-state index in [0.717, 1.165) is 39.3 Å². The predicted molar refractivity (Wildman–Crippen MR) is 229 cm³/mol. The third-order valence-electron chi connectivity index (χ3n) is 10.4. The fraction of sp³-hybridized carbons (Fsp3) is 0. The molecule has 3 nitrogen and oxygen atoms in total. The molecule has 0 aliphatic rings. The van der Waals surface area contributed by atoms with Crippen LogP contribution < -0.4 is 0 Å². The van der Waals surface area contributed by atoms with Crippen molar-refractivity contribution in [2.45, 2.75) is 0 Å². The van der Waals surface area contributed by atoms with Crippen molar-refractivity contribution in [2.24, 2.45) is 0 Å². The topological polar surface area (TPSA) is 30.7 Å². The summed E-state index contributed by atoms with van der Waals surface area (Å²) in [4.78, 5) is 10.3. The maximum absolute atomic E-state index is 5.17. The van der Waals surface area contributed by atoms with Crippen LogP contribution in [-0.4, -0.2) is 14.5 Å². The Balaban J connectivity index is 1.07. The van der Waals surface area contributed by atoms with Crippen molar-refractivity contribution in [3.05, 3.63) is 212 Å². The van der Waals surface area contributed by atoms with Crippen molar-refractivity contribution < 1.29 is 0 Å². The molecule has 0 spiro atoms. The van der Waals surface area contributed by atoms with Crippen LogP contribution in [0.4, 0.5) is 0 Å². The molecule has 0 fully saturated rings. The molecule has 0 aliphatic heterocycles. The summed E-state index contributed by atoms with van der Waals surface area (Å²) in [7, 11) is 0. The first kappa shape index (κ1) is 32.3. The van der Waals surface area contributed by atoms with Crippen LogP contribution in [0.1, 0.15) is 0 Å². The summed E-state index contributed by atoms with van der Waals surface area (Å²) in [6.45, 7) is 0. The molecule has 0 bridgehead atoms. The molecule has 10 aromatic rings. The van der Waals surface area contributed by atoms with E-state index in [9.17, 15) is 0 Å². The summed E-state index contributed by atoms with van der Waals surface area (Å²) < 4.78 is 2.35. The zero-order valence-electron chi connectivity index (χ0n) is 30.0. The van der Waals surface area contributed by atoms with E-state index in [4.69, 9.17) is 9.97 Å². The third kappa shape index (κ3) is 6.18. The van der Waals surface area contributed by atoms with Crippen LogP contribution in [0.25, 0.3) is 94.8 Å². The second kappa shape index (κ2) is 13.9. The van der Waals surface area contributed by atoms with Crippen molar-refractivity contribution in [3.8, 4) is 73.0 Å². The SMILES string of the molecule is c1ccc(-c2cc(-c3ccccc3)cc(-c3ccc(-c4cc(-c5cccc(-n6c7ccccc7c7ccccc76)c5)nc(-c5ccccc5)n4)cc3)c2)cc1. The first-order valence-electron chi connectivity index (χ1n) is 18.7. The Labute approximate surface area is 320 Å². The highest BCUT2D eigenvalue weighted by atomic mass is 15.0. The van der Waals surface area contributed by atoms with E-state index in [-0.39, 0.29) is 0 Å². The van der Waals surface area contributed by atoms with Gasteiger partial charge in [-0.1, -0.05) is 164 Å². The highest BCUT2D eigenvalue weighted by Crippen LogP contribution is 2.36. The van der Waals surface area contributed by atoms with Gasteiger partial charge in [-0.05, 0) is 81.9 Å². The summed E-state index contributed by atoms with van der Waals surface area (Å²) in [5, 5.41) is 2.48. The lowest BCUT2D eigenvalue weighted by Gasteiger charge is -2.13. The Morgan fingerprint density at radius 1 is 0.273 bits per heavy atom. The Kier molecular flexibility index (Phi) is 8.16. The summed E-state index contributed by atoms with van der Waals surface area (Å²) >= 11 is 0. The molecule has 8 aromatic carbocycles. The standard InChI is InChI=1S/C52H35N3/c1-4-15-36(16-5-1)42-31-43(37-17-6-2-7-18-37)33-44(32-42)38-27-29-39(30-28-38)48-35-49(54-52(53-48)40-19-8-3-9-20-40)41-21-14-22-45(34-41)55-50-25-12-10-23-46(50)47-24-11-13-26-51(47)55/h1-35H. The number of rotatable bonds is 7. The van der Waals surface area contributed by atoms with Crippen molar-refractivity contribution in [3.63, 3.8) is 0 Å². The highest BCUT2D eigenvalue weighted by molar-refractivity contribution is 6.09. The van der Waals surface area contributed by atoms with Crippen molar-refractivity contribution in [2.75, 3.05) is 0 Å². The van der Waals surface area contributed by atoms with E-state index in [0.29, 0.717) is 5.82 Å². The summed E-state index contributed by atoms with van der Waals surface area (Å²) in [6.07, 6.45) is 0. The van der Waals surface area contributed by atoms with Crippen LogP contribution in [0.5, 0.6) is 0 Å². The molecule has 0 amide bonds. The lowest BCUT2D eigenvalue weighted by atomic mass is 9.93. The predicted octanol–water partition coefficient (Wildman–Crippen LogP) is 13.6. The van der Waals surface area contributed by atoms with Gasteiger partial charge in [0.2, 0.25) is 0 Å². The van der Waals surface area contributed by atoms with Crippen molar-refractivity contribution in [1.29, 1.82) is 0 Å². The molecule has 0 N–H and O–H groups in total. The second-order valence-electron chi connectivity index (χ2n) is 13.9. The summed E-state index contributed by atoms with van der Waals surface area (Å²) in [5.41, 5.74) is 15.3. The van der Waals surface area contributed by atoms with Gasteiger partial charge < -0.3 is 4.57 Å². The zero-order chi connectivity index (χ0) is 36.6. The quantitative estimate of drug-likeness (QED) is 0.166. The molecule has 0 unspecified atom stereocenters. The van der Waals surface area contributed by atoms with Gasteiger partial charge in [0, 0.05) is 33.2 Å². The molecule has 0 saturated heterocycles. The van der Waals surface area contributed by atoms with Gasteiger partial charge in [0.25, 0.3) is 0 Å². The molecule has 10 rings (SSSR count). The number of para-hydroxylation sites is 2. The van der Waals surface area contributed by atoms with Gasteiger partial charge in [-0.15, -0.1) is 0 Å². The Morgan fingerprint density at radius 2 is 0.691 bits per heavy atom. The molecule has 0 atom stereocenters. The van der Waals surface area contributed by atoms with Gasteiger partial charge in [0.15, 0.2) is 5.82 Å². The molecular weight excluding hydrogens is 667 g/mol. The second-order valence-corrected chi connectivity index (χ2v) is 13.9. The third-order valence-corrected chi connectivity index (χ3v) is 10.4. The molecular formula is C52H35N3. The minimum atomic E-state index is 0.697. The van der Waals surface area contributed by atoms with Crippen LogP contribution in [0.15, 0.2) is 212 Å². The zero-order valence-corrected chi connectivity index (χ0v) is 30.0. The van der Waals surface area contributed by atoms with E-state index in [1.807, 2.05) is 18.2 Å². The molecule has 0 saturated carbocycles. The average Bonchev–Trinajstić information content (AvgIpc) is 3.61. The van der Waals surface area contributed by atoms with E-state index in [2.05, 4.69) is 199 Å². The normalized spacial score (nSPS) is 11.3. The Bertz CT molecular complexity index is 2840. The van der Waals surface area contributed by atoms with Gasteiger partial charge in [-0.3, -0.25) is 0 Å². The average molecular weight is 702 g/mol. The van der Waals surface area contributed by atoms with Crippen LogP contribution in [0.3, 0.4) is 0 Å². The molecule has 2 aromatic heterocycles. The van der Waals surface area contributed by atoms with Gasteiger partial charge >= 0.3 is 0 Å². The van der Waals surface area contributed by atoms with Gasteiger partial charge in [-0.2, -0.15) is 0 Å². The molecule has 3 heteroatoms.